The van der Waals surface area contributed by atoms with Gasteiger partial charge in [-0.2, -0.15) is 0 Å². The van der Waals surface area contributed by atoms with Gasteiger partial charge in [0.1, 0.15) is 11.5 Å². The van der Waals surface area contributed by atoms with Gasteiger partial charge in [0.05, 0.1) is 58.0 Å². The van der Waals surface area contributed by atoms with Gasteiger partial charge in [-0.1, -0.05) is 60.2 Å². The summed E-state index contributed by atoms with van der Waals surface area (Å²) >= 11 is 0. The van der Waals surface area contributed by atoms with Gasteiger partial charge in [-0.25, -0.2) is 9.80 Å². The van der Waals surface area contributed by atoms with Crippen molar-refractivity contribution in [1.29, 1.82) is 0 Å². The molecule has 7 aromatic rings. The molecule has 2 heterocycles. The fourth-order valence-corrected chi connectivity index (χ4v) is 8.86. The Morgan fingerprint density at radius 2 is 0.800 bits per heavy atom. The number of aryl methyl sites for hydroxylation is 1. The Balaban J connectivity index is 1.11. The van der Waals surface area contributed by atoms with Gasteiger partial charge < -0.3 is 24.7 Å². The van der Waals surface area contributed by atoms with Crippen LogP contribution in [0.2, 0.25) is 0 Å². The van der Waals surface area contributed by atoms with Crippen LogP contribution in [0.15, 0.2) is 133 Å². The summed E-state index contributed by atoms with van der Waals surface area (Å²) in [6, 6.07) is 40.5. The third-order valence-corrected chi connectivity index (χ3v) is 12.0. The molecule has 2 N–H and O–H groups in total. The molecule has 0 saturated heterocycles. The number of benzene rings is 7. The molecule has 2 aliphatic rings. The first-order valence-electron chi connectivity index (χ1n) is 23.6. The number of carbonyl (C=O) groups excluding carboxylic acids is 4. The van der Waals surface area contributed by atoms with E-state index >= 15 is 0 Å². The highest BCUT2D eigenvalue weighted by atomic mass is 16.5. The summed E-state index contributed by atoms with van der Waals surface area (Å²) in [7, 11) is 0. The molecule has 0 atom stereocenters. The van der Waals surface area contributed by atoms with Gasteiger partial charge in [0.15, 0.2) is 11.5 Å². The van der Waals surface area contributed by atoms with Crippen molar-refractivity contribution in [3.8, 4) is 67.5 Å². The van der Waals surface area contributed by atoms with Crippen molar-refractivity contribution in [1.82, 2.24) is 0 Å². The number of anilines is 3. The summed E-state index contributed by atoms with van der Waals surface area (Å²) in [6.45, 7) is 17.3. The number of nitrogens with two attached hydrogens (primary N) is 1. The van der Waals surface area contributed by atoms with Crippen LogP contribution in [-0.4, -0.2) is 48.0 Å². The summed E-state index contributed by atoms with van der Waals surface area (Å²) in [5.74, 6) is -0.0977. The third-order valence-electron chi connectivity index (χ3n) is 12.0. The van der Waals surface area contributed by atoms with Crippen LogP contribution in [0.4, 0.5) is 17.1 Å². The van der Waals surface area contributed by atoms with Crippen LogP contribution in [-0.2, 0) is 0 Å². The van der Waals surface area contributed by atoms with Gasteiger partial charge in [-0.15, -0.1) is 0 Å². The molecule has 9 rings (SSSR count). The number of fused-ring (bicyclic) bond motifs is 2. The highest BCUT2D eigenvalue weighted by Gasteiger charge is 2.40. The lowest BCUT2D eigenvalue weighted by Crippen LogP contribution is -2.30. The number of rotatable bonds is 14. The fraction of sp³-hybridized carbons (Fsp3) is 0.220. The van der Waals surface area contributed by atoms with E-state index in [0.29, 0.717) is 84.6 Å². The molecule has 0 unspecified atom stereocenters. The van der Waals surface area contributed by atoms with Gasteiger partial charge in [-0.3, -0.25) is 19.2 Å². The molecule has 354 valence electrons. The van der Waals surface area contributed by atoms with E-state index in [1.807, 2.05) is 141 Å². The largest absolute Gasteiger partial charge is 0.490 e. The SMILES string of the molecule is Cc1ccc(-c2ccc3c(c2)C(=O)N(c2ccc(-c4ccc(-c5ccc(N6C(=O)c7ccc(-c8ccc(N)cc8)cc7C6=O)c(OC(C)C)c5)c(OC(C)C)c4OC(C)C)c(OC(C)C)c2)C3=O)cc1. The highest BCUT2D eigenvalue weighted by molar-refractivity contribution is 6.36. The Kier molecular flexibility index (Phi) is 12.5. The second-order valence-electron chi connectivity index (χ2n) is 18.7. The minimum absolute atomic E-state index is 0.279. The monoisotopic (exact) mass is 933 g/mol. The van der Waals surface area contributed by atoms with Crippen molar-refractivity contribution < 1.29 is 38.1 Å². The standard InChI is InChI=1S/C59H55N3O8/c1-32(2)67-52-31-43(61-56(63)47-22-16-39(28-49(47)58(61)65)37-12-10-36(9)11-13-37)21-24-45(52)46-26-25-44(54(69-34(5)6)55(46)70-35(7)8)41-18-27-51(53(30-41)68-33(3)4)62-57(64)48-23-17-40(29-50(48)59(62)66)38-14-19-42(60)20-15-38/h10-35H,60H2,1-9H3. The van der Waals surface area contributed by atoms with Gasteiger partial charge in [-0.05, 0) is 163 Å². The normalized spacial score (nSPS) is 13.3. The minimum atomic E-state index is -0.458. The lowest BCUT2D eigenvalue weighted by atomic mass is 9.96. The maximum absolute atomic E-state index is 14.2. The second kappa shape index (κ2) is 18.7. The van der Waals surface area contributed by atoms with Gasteiger partial charge in [0.25, 0.3) is 23.6 Å². The van der Waals surface area contributed by atoms with Crippen molar-refractivity contribution in [2.24, 2.45) is 0 Å². The average molecular weight is 934 g/mol. The average Bonchev–Trinajstić information content (AvgIpc) is 3.72. The summed E-state index contributed by atoms with van der Waals surface area (Å²) in [6.07, 6.45) is -1.18. The molecule has 7 aromatic carbocycles. The lowest BCUT2D eigenvalue weighted by Gasteiger charge is -2.25. The zero-order valence-corrected chi connectivity index (χ0v) is 40.7. The van der Waals surface area contributed by atoms with E-state index in [-0.39, 0.29) is 24.4 Å². The molecule has 0 radical (unpaired) electrons. The number of amides is 4. The van der Waals surface area contributed by atoms with Crippen LogP contribution >= 0.6 is 0 Å². The fourth-order valence-electron chi connectivity index (χ4n) is 8.86. The first kappa shape index (κ1) is 46.9. The molecule has 0 bridgehead atoms. The Labute approximate surface area is 408 Å². The van der Waals surface area contributed by atoms with Crippen molar-refractivity contribution in [3.05, 3.63) is 161 Å². The van der Waals surface area contributed by atoms with E-state index in [2.05, 4.69) is 0 Å². The number of nitrogen functional groups attached to an aromatic ring is 1. The number of nitrogens with zero attached hydrogens (tertiary/aromatic N) is 2. The highest BCUT2D eigenvalue weighted by Crippen LogP contribution is 2.50. The Morgan fingerprint density at radius 1 is 0.371 bits per heavy atom. The van der Waals surface area contributed by atoms with Gasteiger partial charge in [0, 0.05) is 28.4 Å². The first-order valence-corrected chi connectivity index (χ1v) is 23.6. The molecular weight excluding hydrogens is 879 g/mol. The Bertz CT molecular complexity index is 3230. The molecule has 11 heteroatoms. The van der Waals surface area contributed by atoms with E-state index in [4.69, 9.17) is 24.7 Å². The third kappa shape index (κ3) is 8.86. The zero-order valence-electron chi connectivity index (χ0n) is 40.7. The van der Waals surface area contributed by atoms with E-state index in [9.17, 15) is 19.2 Å². The summed E-state index contributed by atoms with van der Waals surface area (Å²) in [4.78, 5) is 58.8. The molecule has 0 fully saturated rings. The number of hydrogen-bond acceptors (Lipinski definition) is 9. The summed E-state index contributed by atoms with van der Waals surface area (Å²) < 4.78 is 26.3. The molecular formula is C59H55N3O8. The molecule has 0 saturated carbocycles. The maximum atomic E-state index is 14.2. The van der Waals surface area contributed by atoms with Crippen LogP contribution in [0.1, 0.15) is 102 Å². The number of carbonyl (C=O) groups is 4. The molecule has 70 heavy (non-hydrogen) atoms. The molecule has 2 aliphatic heterocycles. The summed E-state index contributed by atoms with van der Waals surface area (Å²) in [5.41, 5.74) is 15.7. The summed E-state index contributed by atoms with van der Waals surface area (Å²) in [5, 5.41) is 0. The quantitative estimate of drug-likeness (QED) is 0.0834. The topological polar surface area (TPSA) is 138 Å². The van der Waals surface area contributed by atoms with E-state index in [1.54, 1.807) is 54.6 Å². The Morgan fingerprint density at radius 3 is 1.37 bits per heavy atom. The van der Waals surface area contributed by atoms with E-state index < -0.39 is 23.6 Å². The van der Waals surface area contributed by atoms with Crippen LogP contribution in [0.3, 0.4) is 0 Å². The maximum Gasteiger partial charge on any atom is 0.266 e. The number of imide groups is 2. The zero-order chi connectivity index (χ0) is 49.7. The predicted molar refractivity (Wildman–Crippen MR) is 276 cm³/mol. The Hall–Kier alpha value is -8.18. The predicted octanol–water partition coefficient (Wildman–Crippen LogP) is 13.0. The van der Waals surface area contributed by atoms with Crippen molar-refractivity contribution >= 4 is 40.7 Å². The smallest absolute Gasteiger partial charge is 0.266 e. The minimum Gasteiger partial charge on any atom is -0.490 e. The van der Waals surface area contributed by atoms with Crippen LogP contribution in [0, 0.1) is 6.92 Å². The van der Waals surface area contributed by atoms with Crippen molar-refractivity contribution in [2.75, 3.05) is 15.5 Å². The van der Waals surface area contributed by atoms with E-state index in [0.717, 1.165) is 27.8 Å². The van der Waals surface area contributed by atoms with Gasteiger partial charge >= 0.3 is 0 Å². The number of hydrogen-bond donors (Lipinski definition) is 1. The molecule has 0 aromatic heterocycles. The first-order chi connectivity index (χ1) is 33.5. The van der Waals surface area contributed by atoms with Crippen LogP contribution in [0.25, 0.3) is 44.5 Å². The van der Waals surface area contributed by atoms with Gasteiger partial charge in [0.2, 0.25) is 0 Å². The van der Waals surface area contributed by atoms with E-state index in [1.165, 1.54) is 9.80 Å². The second-order valence-corrected chi connectivity index (χ2v) is 18.7. The van der Waals surface area contributed by atoms with Crippen molar-refractivity contribution in [3.63, 3.8) is 0 Å². The molecule has 0 spiro atoms. The lowest BCUT2D eigenvalue weighted by molar-refractivity contribution is 0.0909. The van der Waals surface area contributed by atoms with Crippen molar-refractivity contribution in [2.45, 2.75) is 86.7 Å². The van der Waals surface area contributed by atoms with Crippen LogP contribution in [0.5, 0.6) is 23.0 Å². The van der Waals surface area contributed by atoms with Crippen LogP contribution < -0.4 is 34.5 Å². The number of ether oxygens (including phenoxy) is 4. The molecule has 11 nitrogen and oxygen atoms in total. The molecule has 0 aliphatic carbocycles. The molecule has 4 amide bonds.